The number of carbonyl (C=O) groups excluding carboxylic acids is 1. The van der Waals surface area contributed by atoms with Crippen molar-refractivity contribution in [2.75, 3.05) is 7.05 Å². The maximum Gasteiger partial charge on any atom is 0.227 e. The Hall–Kier alpha value is -1.83. The molecule has 2 aromatic carbocycles. The lowest BCUT2D eigenvalue weighted by molar-refractivity contribution is -0.146. The summed E-state index contributed by atoms with van der Waals surface area (Å²) in [6.45, 7) is 11.5. The first-order valence-electron chi connectivity index (χ1n) is 15.3. The molecule has 8 atom stereocenters. The van der Waals surface area contributed by atoms with Gasteiger partial charge in [-0.3, -0.25) is 4.79 Å². The van der Waals surface area contributed by atoms with Gasteiger partial charge in [-0.25, -0.2) is 0 Å². The summed E-state index contributed by atoms with van der Waals surface area (Å²) in [6, 6.07) is 16.6. The molecule has 0 unspecified atom stereocenters. The molecule has 6 rings (SSSR count). The fraction of sp³-hybridized carbons (Fsp3) is 0.686. The Balaban J connectivity index is 1.21. The van der Waals surface area contributed by atoms with Crippen molar-refractivity contribution in [3.05, 3.63) is 48.0 Å². The minimum atomic E-state index is -0.287. The molecule has 0 saturated heterocycles. The topological polar surface area (TPSA) is 20.3 Å². The number of rotatable bonds is 2. The van der Waals surface area contributed by atoms with E-state index in [1.165, 1.54) is 68.6 Å². The number of carbonyl (C=O) groups is 1. The van der Waals surface area contributed by atoms with E-state index in [1.807, 2.05) is 0 Å². The lowest BCUT2D eigenvalue weighted by Gasteiger charge is -2.61. The molecule has 0 bridgehead atoms. The Morgan fingerprint density at radius 1 is 0.838 bits per heavy atom. The smallest absolute Gasteiger partial charge is 0.227 e. The first-order chi connectivity index (χ1) is 17.5. The first kappa shape index (κ1) is 25.4. The van der Waals surface area contributed by atoms with Gasteiger partial charge < -0.3 is 4.90 Å². The van der Waals surface area contributed by atoms with Crippen LogP contribution in [0, 0.1) is 39.9 Å². The van der Waals surface area contributed by atoms with Crippen LogP contribution >= 0.6 is 0 Å². The Kier molecular flexibility index (Phi) is 6.09. The molecule has 37 heavy (non-hydrogen) atoms. The number of amides is 1. The van der Waals surface area contributed by atoms with Gasteiger partial charge >= 0.3 is 0 Å². The van der Waals surface area contributed by atoms with Gasteiger partial charge in [0.25, 0.3) is 0 Å². The highest BCUT2D eigenvalue weighted by molar-refractivity contribution is 5.83. The summed E-state index contributed by atoms with van der Waals surface area (Å²) < 4.78 is 0. The summed E-state index contributed by atoms with van der Waals surface area (Å²) in [5.74, 6) is 4.46. The third kappa shape index (κ3) is 3.99. The van der Waals surface area contributed by atoms with E-state index in [4.69, 9.17) is 0 Å². The number of benzene rings is 2. The van der Waals surface area contributed by atoms with Crippen LogP contribution in [0.4, 0.5) is 0 Å². The van der Waals surface area contributed by atoms with E-state index in [0.29, 0.717) is 28.7 Å². The number of hydrogen-bond donors (Lipinski definition) is 0. The zero-order valence-corrected chi connectivity index (χ0v) is 24.2. The number of nitrogens with zero attached hydrogens (tertiary/aromatic N) is 1. The molecule has 4 fully saturated rings. The Morgan fingerprint density at radius 2 is 1.54 bits per heavy atom. The van der Waals surface area contributed by atoms with Crippen LogP contribution in [0.1, 0.15) is 104 Å². The predicted octanol–water partition coefficient (Wildman–Crippen LogP) is 8.84. The SMILES string of the molecule is CN(C(=O)C(C)(C)C)[C@H]1CC[C@@]2(C)[C@@H](CC[C@@H]3[C@@H]2CC[C@]2(C)[C@@H](c4ccc5ccccc5c4)CC[C@@H]32)C1. The highest BCUT2D eigenvalue weighted by Gasteiger charge is 2.60. The summed E-state index contributed by atoms with van der Waals surface area (Å²) in [7, 11) is 2.07. The second-order valence-corrected chi connectivity index (χ2v) is 15.0. The first-order valence-corrected chi connectivity index (χ1v) is 15.3. The van der Waals surface area contributed by atoms with Crippen molar-refractivity contribution >= 4 is 16.7 Å². The maximum atomic E-state index is 13.0. The van der Waals surface area contributed by atoms with Crippen LogP contribution < -0.4 is 0 Å². The van der Waals surface area contributed by atoms with E-state index in [9.17, 15) is 4.79 Å². The molecule has 0 aromatic heterocycles. The Labute approximate surface area is 225 Å². The van der Waals surface area contributed by atoms with E-state index in [1.54, 1.807) is 5.56 Å². The molecular weight excluding hydrogens is 450 g/mol. The van der Waals surface area contributed by atoms with Gasteiger partial charge in [0, 0.05) is 18.5 Å². The summed E-state index contributed by atoms with van der Waals surface area (Å²) in [5.41, 5.74) is 2.22. The van der Waals surface area contributed by atoms with Crippen LogP contribution in [-0.4, -0.2) is 23.9 Å². The highest BCUT2D eigenvalue weighted by Crippen LogP contribution is 2.69. The van der Waals surface area contributed by atoms with Crippen molar-refractivity contribution in [1.29, 1.82) is 0 Å². The van der Waals surface area contributed by atoms with Gasteiger partial charge in [-0.05, 0) is 115 Å². The predicted molar refractivity (Wildman–Crippen MR) is 154 cm³/mol. The van der Waals surface area contributed by atoms with Crippen LogP contribution in [0.2, 0.25) is 0 Å². The monoisotopic (exact) mass is 499 g/mol. The van der Waals surface area contributed by atoms with E-state index in [-0.39, 0.29) is 5.41 Å². The normalized spacial score (nSPS) is 39.5. The fourth-order valence-corrected chi connectivity index (χ4v) is 10.3. The summed E-state index contributed by atoms with van der Waals surface area (Å²) in [6.07, 6.45) is 12.1. The van der Waals surface area contributed by atoms with Gasteiger partial charge in [0.2, 0.25) is 5.91 Å². The molecule has 0 spiro atoms. The molecule has 4 aliphatic rings. The lowest BCUT2D eigenvalue weighted by atomic mass is 9.44. The minimum absolute atomic E-state index is 0.287. The maximum absolute atomic E-state index is 13.0. The molecule has 4 saturated carbocycles. The van der Waals surface area contributed by atoms with E-state index < -0.39 is 0 Å². The molecule has 0 aliphatic heterocycles. The Morgan fingerprint density at radius 3 is 2.30 bits per heavy atom. The van der Waals surface area contributed by atoms with Crippen LogP contribution in [0.3, 0.4) is 0 Å². The largest absolute Gasteiger partial charge is 0.342 e. The van der Waals surface area contributed by atoms with Crippen LogP contribution in [0.15, 0.2) is 42.5 Å². The molecule has 0 heterocycles. The quantitative estimate of drug-likeness (QED) is 0.404. The molecule has 200 valence electrons. The number of fused-ring (bicyclic) bond motifs is 6. The number of hydrogen-bond acceptors (Lipinski definition) is 1. The van der Waals surface area contributed by atoms with Crippen molar-refractivity contribution < 1.29 is 4.79 Å². The van der Waals surface area contributed by atoms with E-state index >= 15 is 0 Å². The van der Waals surface area contributed by atoms with Crippen LogP contribution in [0.5, 0.6) is 0 Å². The van der Waals surface area contributed by atoms with Gasteiger partial charge in [-0.1, -0.05) is 77.1 Å². The molecular formula is C35H49NO. The van der Waals surface area contributed by atoms with Crippen LogP contribution in [-0.2, 0) is 4.79 Å². The minimum Gasteiger partial charge on any atom is -0.342 e. The third-order valence-corrected chi connectivity index (χ3v) is 12.3. The molecule has 2 nitrogen and oxygen atoms in total. The molecule has 2 heteroatoms. The zero-order valence-electron chi connectivity index (χ0n) is 24.2. The van der Waals surface area contributed by atoms with Gasteiger partial charge in [-0.15, -0.1) is 0 Å². The van der Waals surface area contributed by atoms with E-state index in [2.05, 4.69) is 89.0 Å². The fourth-order valence-electron chi connectivity index (χ4n) is 10.3. The zero-order chi connectivity index (χ0) is 26.2. The summed E-state index contributed by atoms with van der Waals surface area (Å²) in [4.78, 5) is 15.2. The highest BCUT2D eigenvalue weighted by atomic mass is 16.2. The van der Waals surface area contributed by atoms with Crippen molar-refractivity contribution in [2.24, 2.45) is 39.9 Å². The van der Waals surface area contributed by atoms with E-state index in [0.717, 1.165) is 23.7 Å². The molecule has 4 aliphatic carbocycles. The summed E-state index contributed by atoms with van der Waals surface area (Å²) in [5, 5.41) is 2.77. The van der Waals surface area contributed by atoms with Gasteiger partial charge in [0.1, 0.15) is 0 Å². The standard InChI is InChI=1S/C35H49NO/c1-33(2,3)32(37)36(6)27-17-19-34(4)26(22-27)13-14-28-30-16-15-29(35(30,5)20-18-31(28)34)25-12-11-23-9-7-8-10-24(23)21-25/h7-12,21,26-31H,13-20,22H2,1-6H3/t26-,27-,28-,29+,30-,31-,34-,35+/m0/s1. The second-order valence-electron chi connectivity index (χ2n) is 15.0. The lowest BCUT2D eigenvalue weighted by Crippen LogP contribution is -2.56. The summed E-state index contributed by atoms with van der Waals surface area (Å²) >= 11 is 0. The average Bonchev–Trinajstić information content (AvgIpc) is 3.23. The molecule has 0 N–H and O–H groups in total. The van der Waals surface area contributed by atoms with Crippen LogP contribution in [0.25, 0.3) is 10.8 Å². The molecule has 2 aromatic rings. The third-order valence-electron chi connectivity index (χ3n) is 12.3. The van der Waals surface area contributed by atoms with Gasteiger partial charge in [0.15, 0.2) is 0 Å². The molecule has 1 amide bonds. The van der Waals surface area contributed by atoms with Crippen molar-refractivity contribution in [3.63, 3.8) is 0 Å². The second kappa shape index (κ2) is 8.85. The van der Waals surface area contributed by atoms with Crippen molar-refractivity contribution in [3.8, 4) is 0 Å². The van der Waals surface area contributed by atoms with Gasteiger partial charge in [-0.2, -0.15) is 0 Å². The van der Waals surface area contributed by atoms with Crippen molar-refractivity contribution in [2.45, 2.75) is 104 Å². The van der Waals surface area contributed by atoms with Gasteiger partial charge in [0.05, 0.1) is 0 Å². The Bertz CT molecular complexity index is 1180. The molecule has 0 radical (unpaired) electrons. The van der Waals surface area contributed by atoms with Crippen molar-refractivity contribution in [1.82, 2.24) is 4.90 Å². The average molecular weight is 500 g/mol.